The van der Waals surface area contributed by atoms with Crippen molar-refractivity contribution in [3.63, 3.8) is 0 Å². The second kappa shape index (κ2) is 6.12. The molecular weight excluding hydrogens is 254 g/mol. The summed E-state index contributed by atoms with van der Waals surface area (Å²) in [5.41, 5.74) is 0.825. The zero-order valence-electron chi connectivity index (χ0n) is 9.40. The second-order valence-corrected chi connectivity index (χ2v) is 4.58. The number of aromatic nitrogens is 1. The Bertz CT molecular complexity index is 504. The van der Waals surface area contributed by atoms with Gasteiger partial charge >= 0.3 is 0 Å². The highest BCUT2D eigenvalue weighted by atomic mass is 35.5. The zero-order valence-corrected chi connectivity index (χ0v) is 11.0. The molecule has 0 unspecified atom stereocenters. The molecule has 1 aromatic heterocycles. The fourth-order valence-corrected chi connectivity index (χ4v) is 2.06. The first kappa shape index (κ1) is 12.5. The van der Waals surface area contributed by atoms with E-state index in [-0.39, 0.29) is 0 Å². The minimum Gasteiger partial charge on any atom is -0.491 e. The number of hydrogen-bond acceptors (Lipinski definition) is 3. The molecule has 2 nitrogen and oxygen atoms in total. The van der Waals surface area contributed by atoms with Gasteiger partial charge in [-0.2, -0.15) is 12.6 Å². The molecule has 2 rings (SSSR count). The van der Waals surface area contributed by atoms with Gasteiger partial charge in [-0.25, -0.2) is 0 Å². The first-order valence-corrected chi connectivity index (χ1v) is 6.61. The predicted octanol–water partition coefficient (Wildman–Crippen LogP) is 3.98. The Kier molecular flexibility index (Phi) is 4.51. The van der Waals surface area contributed by atoms with Crippen LogP contribution in [0.15, 0.2) is 30.5 Å². The van der Waals surface area contributed by atoms with Crippen LogP contribution in [-0.4, -0.2) is 17.3 Å². The van der Waals surface area contributed by atoms with E-state index >= 15 is 0 Å². The van der Waals surface area contributed by atoms with E-state index in [1.165, 1.54) is 0 Å². The maximum atomic E-state index is 6.11. The number of nitrogens with zero attached hydrogens (tertiary/aromatic N) is 1. The van der Waals surface area contributed by atoms with Crippen LogP contribution in [0, 0.1) is 0 Å². The average molecular weight is 268 g/mol. The minimum atomic E-state index is 0.688. The standard InChI is InChI=1S/C13H14ClNOS/c14-11-5-6-12(16-8-1-2-9-17)13-10(11)4-3-7-15-13/h3-7,17H,1-2,8-9H2. The van der Waals surface area contributed by atoms with E-state index in [2.05, 4.69) is 17.6 Å². The summed E-state index contributed by atoms with van der Waals surface area (Å²) in [5, 5.41) is 1.64. The molecule has 4 heteroatoms. The summed E-state index contributed by atoms with van der Waals surface area (Å²) in [4.78, 5) is 4.32. The summed E-state index contributed by atoms with van der Waals surface area (Å²) >= 11 is 10.3. The third kappa shape index (κ3) is 3.05. The van der Waals surface area contributed by atoms with Crippen molar-refractivity contribution < 1.29 is 4.74 Å². The third-order valence-corrected chi connectivity index (χ3v) is 3.14. The van der Waals surface area contributed by atoms with Gasteiger partial charge in [-0.1, -0.05) is 11.6 Å². The fourth-order valence-electron chi connectivity index (χ4n) is 1.62. The lowest BCUT2D eigenvalue weighted by molar-refractivity contribution is 0.313. The largest absolute Gasteiger partial charge is 0.491 e. The molecule has 1 heterocycles. The van der Waals surface area contributed by atoms with Crippen LogP contribution in [0.1, 0.15) is 12.8 Å². The molecule has 1 aromatic carbocycles. The monoisotopic (exact) mass is 267 g/mol. The molecule has 0 aliphatic rings. The Morgan fingerprint density at radius 2 is 2.12 bits per heavy atom. The SMILES string of the molecule is SCCCCOc1ccc(Cl)c2cccnc12. The van der Waals surface area contributed by atoms with Crippen molar-refractivity contribution in [2.75, 3.05) is 12.4 Å². The quantitative estimate of drug-likeness (QED) is 0.654. The van der Waals surface area contributed by atoms with Gasteiger partial charge in [-0.3, -0.25) is 4.98 Å². The highest BCUT2D eigenvalue weighted by molar-refractivity contribution is 7.80. The van der Waals surface area contributed by atoms with Crippen LogP contribution in [0.5, 0.6) is 5.75 Å². The molecule has 0 N–H and O–H groups in total. The number of hydrogen-bond donors (Lipinski definition) is 1. The van der Waals surface area contributed by atoms with Crippen LogP contribution in [0.2, 0.25) is 5.02 Å². The number of thiol groups is 1. The molecule has 90 valence electrons. The summed E-state index contributed by atoms with van der Waals surface area (Å²) in [6, 6.07) is 7.54. The Balaban J connectivity index is 2.20. The highest BCUT2D eigenvalue weighted by Gasteiger charge is 2.06. The lowest BCUT2D eigenvalue weighted by Gasteiger charge is -2.09. The lowest BCUT2D eigenvalue weighted by Crippen LogP contribution is -1.98. The molecule has 17 heavy (non-hydrogen) atoms. The molecule has 0 saturated heterocycles. The molecule has 0 atom stereocenters. The average Bonchev–Trinajstić information content (AvgIpc) is 2.37. The topological polar surface area (TPSA) is 22.1 Å². The smallest absolute Gasteiger partial charge is 0.145 e. The molecule has 0 saturated carbocycles. The van der Waals surface area contributed by atoms with Crippen LogP contribution in [0.4, 0.5) is 0 Å². The van der Waals surface area contributed by atoms with Gasteiger partial charge < -0.3 is 4.74 Å². The van der Waals surface area contributed by atoms with Crippen LogP contribution < -0.4 is 4.74 Å². The number of unbranched alkanes of at least 4 members (excludes halogenated alkanes) is 1. The fraction of sp³-hybridized carbons (Fsp3) is 0.308. The number of rotatable bonds is 5. The van der Waals surface area contributed by atoms with E-state index in [1.54, 1.807) is 6.20 Å². The molecule has 0 aliphatic carbocycles. The van der Waals surface area contributed by atoms with Gasteiger partial charge in [0.05, 0.1) is 11.6 Å². The minimum absolute atomic E-state index is 0.688. The van der Waals surface area contributed by atoms with Crippen molar-refractivity contribution in [3.8, 4) is 5.75 Å². The number of halogens is 1. The Morgan fingerprint density at radius 3 is 2.94 bits per heavy atom. The third-order valence-electron chi connectivity index (χ3n) is 2.49. The molecule has 0 bridgehead atoms. The maximum absolute atomic E-state index is 6.11. The molecule has 0 aliphatic heterocycles. The van der Waals surface area contributed by atoms with Gasteiger partial charge in [-0.05, 0) is 42.9 Å². The van der Waals surface area contributed by atoms with Gasteiger partial charge in [0.15, 0.2) is 0 Å². The molecule has 0 amide bonds. The predicted molar refractivity (Wildman–Crippen MR) is 75.3 cm³/mol. The van der Waals surface area contributed by atoms with Crippen molar-refractivity contribution in [1.82, 2.24) is 4.98 Å². The Hall–Kier alpha value is -0.930. The van der Waals surface area contributed by atoms with Gasteiger partial charge in [0.2, 0.25) is 0 Å². The molecule has 2 aromatic rings. The van der Waals surface area contributed by atoms with E-state index in [9.17, 15) is 0 Å². The summed E-state index contributed by atoms with van der Waals surface area (Å²) < 4.78 is 5.72. The highest BCUT2D eigenvalue weighted by Crippen LogP contribution is 2.29. The zero-order chi connectivity index (χ0) is 12.1. The lowest BCUT2D eigenvalue weighted by atomic mass is 10.2. The number of pyridine rings is 1. The van der Waals surface area contributed by atoms with Gasteiger partial charge in [0.25, 0.3) is 0 Å². The van der Waals surface area contributed by atoms with Gasteiger partial charge in [0, 0.05) is 11.6 Å². The van der Waals surface area contributed by atoms with E-state index < -0.39 is 0 Å². The summed E-state index contributed by atoms with van der Waals surface area (Å²) in [7, 11) is 0. The van der Waals surface area contributed by atoms with Crippen molar-refractivity contribution >= 4 is 35.1 Å². The van der Waals surface area contributed by atoms with Crippen LogP contribution in [-0.2, 0) is 0 Å². The molecular formula is C13H14ClNOS. The summed E-state index contributed by atoms with van der Waals surface area (Å²) in [6.07, 6.45) is 3.81. The van der Waals surface area contributed by atoms with Crippen molar-refractivity contribution in [2.24, 2.45) is 0 Å². The van der Waals surface area contributed by atoms with Crippen LogP contribution >= 0.6 is 24.2 Å². The second-order valence-electron chi connectivity index (χ2n) is 3.72. The van der Waals surface area contributed by atoms with Crippen molar-refractivity contribution in [1.29, 1.82) is 0 Å². The number of fused-ring (bicyclic) bond motifs is 1. The molecule has 0 radical (unpaired) electrons. The molecule has 0 spiro atoms. The molecule has 0 fully saturated rings. The van der Waals surface area contributed by atoms with Gasteiger partial charge in [0.1, 0.15) is 11.3 Å². The van der Waals surface area contributed by atoms with Crippen LogP contribution in [0.25, 0.3) is 10.9 Å². The first-order valence-electron chi connectivity index (χ1n) is 5.60. The van der Waals surface area contributed by atoms with E-state index in [0.29, 0.717) is 11.6 Å². The van der Waals surface area contributed by atoms with E-state index in [1.807, 2.05) is 24.3 Å². The Morgan fingerprint density at radius 1 is 1.24 bits per heavy atom. The van der Waals surface area contributed by atoms with Gasteiger partial charge in [-0.15, -0.1) is 0 Å². The number of benzene rings is 1. The van der Waals surface area contributed by atoms with Crippen molar-refractivity contribution in [2.45, 2.75) is 12.8 Å². The number of ether oxygens (including phenoxy) is 1. The normalized spacial score (nSPS) is 10.7. The van der Waals surface area contributed by atoms with E-state index in [0.717, 1.165) is 35.2 Å². The first-order chi connectivity index (χ1) is 8.33. The summed E-state index contributed by atoms with van der Waals surface area (Å²) in [5.74, 6) is 1.69. The Labute approximate surface area is 111 Å². The van der Waals surface area contributed by atoms with Crippen LogP contribution in [0.3, 0.4) is 0 Å². The van der Waals surface area contributed by atoms with Crippen molar-refractivity contribution in [3.05, 3.63) is 35.5 Å². The van der Waals surface area contributed by atoms with E-state index in [4.69, 9.17) is 16.3 Å². The summed E-state index contributed by atoms with van der Waals surface area (Å²) in [6.45, 7) is 0.688. The maximum Gasteiger partial charge on any atom is 0.145 e.